The number of nitrogens with zero attached hydrogens (tertiary/aromatic N) is 1. The maximum Gasteiger partial charge on any atom is 0.256 e. The molecule has 0 aliphatic heterocycles. The zero-order valence-corrected chi connectivity index (χ0v) is 13.4. The van der Waals surface area contributed by atoms with Crippen molar-refractivity contribution in [3.63, 3.8) is 0 Å². The Bertz CT molecular complexity index is 638. The van der Waals surface area contributed by atoms with Gasteiger partial charge in [0, 0.05) is 30.3 Å². The van der Waals surface area contributed by atoms with Crippen molar-refractivity contribution in [2.45, 2.75) is 25.4 Å². The van der Waals surface area contributed by atoms with Crippen LogP contribution >= 0.6 is 22.9 Å². The van der Waals surface area contributed by atoms with E-state index >= 15 is 0 Å². The number of rotatable bonds is 5. The summed E-state index contributed by atoms with van der Waals surface area (Å²) < 4.78 is 0. The van der Waals surface area contributed by atoms with Gasteiger partial charge in [0.1, 0.15) is 0 Å². The van der Waals surface area contributed by atoms with Gasteiger partial charge in [-0.3, -0.25) is 4.79 Å². The number of hydrogen-bond donors (Lipinski definition) is 1. The number of benzene rings is 1. The Hall–Kier alpha value is -1.52. The van der Waals surface area contributed by atoms with E-state index in [4.69, 9.17) is 11.6 Å². The van der Waals surface area contributed by atoms with Gasteiger partial charge in [0.15, 0.2) is 0 Å². The number of anilines is 1. The SMILES string of the molecule is CNc1ccc(Cl)cc1C(=O)N(Cc1ccsc1)C1CC1. The average molecular weight is 321 g/mol. The third-order valence-electron chi connectivity index (χ3n) is 3.66. The molecule has 1 aromatic heterocycles. The van der Waals surface area contributed by atoms with Crippen LogP contribution in [0.15, 0.2) is 35.0 Å². The van der Waals surface area contributed by atoms with E-state index in [-0.39, 0.29) is 5.91 Å². The standard InChI is InChI=1S/C16H17ClN2OS/c1-18-15-5-2-12(17)8-14(15)16(20)19(13-3-4-13)9-11-6-7-21-10-11/h2,5-8,10,13,18H,3-4,9H2,1H3. The number of thiophene rings is 1. The molecule has 110 valence electrons. The van der Waals surface area contributed by atoms with Crippen LogP contribution in [-0.2, 0) is 6.54 Å². The van der Waals surface area contributed by atoms with Crippen LogP contribution in [-0.4, -0.2) is 23.9 Å². The van der Waals surface area contributed by atoms with E-state index in [1.54, 1.807) is 23.5 Å². The minimum Gasteiger partial charge on any atom is -0.387 e. The molecule has 1 heterocycles. The molecule has 1 aromatic carbocycles. The zero-order chi connectivity index (χ0) is 14.8. The van der Waals surface area contributed by atoms with Crippen molar-refractivity contribution in [3.8, 4) is 0 Å². The smallest absolute Gasteiger partial charge is 0.256 e. The molecule has 0 spiro atoms. The molecule has 1 fully saturated rings. The van der Waals surface area contributed by atoms with Crippen LogP contribution in [0.5, 0.6) is 0 Å². The Morgan fingerprint density at radius 2 is 2.24 bits per heavy atom. The molecule has 1 N–H and O–H groups in total. The van der Waals surface area contributed by atoms with Crippen molar-refractivity contribution < 1.29 is 4.79 Å². The number of hydrogen-bond acceptors (Lipinski definition) is 3. The van der Waals surface area contributed by atoms with Gasteiger partial charge in [0.2, 0.25) is 0 Å². The second kappa shape index (κ2) is 6.08. The number of halogens is 1. The second-order valence-electron chi connectivity index (χ2n) is 5.24. The van der Waals surface area contributed by atoms with Crippen LogP contribution < -0.4 is 5.32 Å². The largest absolute Gasteiger partial charge is 0.387 e. The lowest BCUT2D eigenvalue weighted by molar-refractivity contribution is 0.0731. The molecule has 1 amide bonds. The Kier molecular flexibility index (Phi) is 4.17. The average Bonchev–Trinajstić information content (AvgIpc) is 3.20. The molecule has 1 aliphatic carbocycles. The topological polar surface area (TPSA) is 32.3 Å². The van der Waals surface area contributed by atoms with Gasteiger partial charge in [-0.1, -0.05) is 11.6 Å². The first-order valence-electron chi connectivity index (χ1n) is 6.98. The summed E-state index contributed by atoms with van der Waals surface area (Å²) in [5.41, 5.74) is 2.65. The molecule has 0 atom stereocenters. The maximum absolute atomic E-state index is 12.9. The lowest BCUT2D eigenvalue weighted by Gasteiger charge is -2.23. The molecular formula is C16H17ClN2OS. The van der Waals surface area contributed by atoms with Crippen LogP contribution in [0.3, 0.4) is 0 Å². The number of nitrogens with one attached hydrogen (secondary N) is 1. The van der Waals surface area contributed by atoms with Crippen molar-refractivity contribution in [1.29, 1.82) is 0 Å². The summed E-state index contributed by atoms with van der Waals surface area (Å²) in [5.74, 6) is 0.0514. The molecule has 5 heteroatoms. The van der Waals surface area contributed by atoms with Crippen molar-refractivity contribution in [2.24, 2.45) is 0 Å². The second-order valence-corrected chi connectivity index (χ2v) is 6.45. The molecule has 2 aromatic rings. The van der Waals surface area contributed by atoms with Crippen molar-refractivity contribution in [3.05, 3.63) is 51.2 Å². The van der Waals surface area contributed by atoms with Crippen LogP contribution in [0, 0.1) is 0 Å². The zero-order valence-electron chi connectivity index (χ0n) is 11.8. The molecule has 0 unspecified atom stereocenters. The van der Waals surface area contributed by atoms with Gasteiger partial charge >= 0.3 is 0 Å². The predicted octanol–water partition coefficient (Wildman–Crippen LogP) is 4.25. The molecule has 1 aliphatic rings. The normalized spacial score (nSPS) is 14.0. The first-order chi connectivity index (χ1) is 10.2. The molecular weight excluding hydrogens is 304 g/mol. The third-order valence-corrected chi connectivity index (χ3v) is 4.63. The van der Waals surface area contributed by atoms with Crippen molar-refractivity contribution >= 4 is 34.5 Å². The van der Waals surface area contributed by atoms with Gasteiger partial charge < -0.3 is 10.2 Å². The molecule has 3 nitrogen and oxygen atoms in total. The van der Waals surface area contributed by atoms with Gasteiger partial charge in [-0.05, 0) is 53.4 Å². The van der Waals surface area contributed by atoms with Gasteiger partial charge in [-0.15, -0.1) is 0 Å². The molecule has 21 heavy (non-hydrogen) atoms. The highest BCUT2D eigenvalue weighted by atomic mass is 35.5. The summed E-state index contributed by atoms with van der Waals surface area (Å²) in [6, 6.07) is 7.83. The van der Waals surface area contributed by atoms with Gasteiger partial charge in [-0.2, -0.15) is 11.3 Å². The summed E-state index contributed by atoms with van der Waals surface area (Å²) in [5, 5.41) is 7.80. The number of amides is 1. The maximum atomic E-state index is 12.9. The monoisotopic (exact) mass is 320 g/mol. The van der Waals surface area contributed by atoms with Crippen LogP contribution in [0.1, 0.15) is 28.8 Å². The fourth-order valence-corrected chi connectivity index (χ4v) is 3.23. The van der Waals surface area contributed by atoms with Gasteiger partial charge in [0.25, 0.3) is 5.91 Å². The Balaban J connectivity index is 1.89. The van der Waals surface area contributed by atoms with E-state index in [0.717, 1.165) is 18.5 Å². The lowest BCUT2D eigenvalue weighted by atomic mass is 10.1. The molecule has 0 bridgehead atoms. The molecule has 1 saturated carbocycles. The summed E-state index contributed by atoms with van der Waals surface area (Å²) in [7, 11) is 1.82. The first-order valence-corrected chi connectivity index (χ1v) is 8.30. The van der Waals surface area contributed by atoms with E-state index in [1.807, 2.05) is 23.4 Å². The number of carbonyl (C=O) groups is 1. The molecule has 3 rings (SSSR count). The predicted molar refractivity (Wildman–Crippen MR) is 88.2 cm³/mol. The highest BCUT2D eigenvalue weighted by Crippen LogP contribution is 2.32. The Morgan fingerprint density at radius 3 is 2.86 bits per heavy atom. The molecule has 0 saturated heterocycles. The fourth-order valence-electron chi connectivity index (χ4n) is 2.40. The van der Waals surface area contributed by atoms with E-state index < -0.39 is 0 Å². The van der Waals surface area contributed by atoms with E-state index in [0.29, 0.717) is 23.2 Å². The fraction of sp³-hybridized carbons (Fsp3) is 0.312. The first kappa shape index (κ1) is 14.4. The summed E-state index contributed by atoms with van der Waals surface area (Å²) in [6.07, 6.45) is 2.18. The van der Waals surface area contributed by atoms with Crippen molar-refractivity contribution in [1.82, 2.24) is 4.90 Å². The lowest BCUT2D eigenvalue weighted by Crippen LogP contribution is -2.32. The van der Waals surface area contributed by atoms with Crippen molar-refractivity contribution in [2.75, 3.05) is 12.4 Å². The summed E-state index contributed by atoms with van der Waals surface area (Å²) >= 11 is 7.72. The quantitative estimate of drug-likeness (QED) is 0.893. The third kappa shape index (κ3) is 3.22. The highest BCUT2D eigenvalue weighted by molar-refractivity contribution is 7.07. The summed E-state index contributed by atoms with van der Waals surface area (Å²) in [6.45, 7) is 0.669. The minimum absolute atomic E-state index is 0.0514. The minimum atomic E-state index is 0.0514. The summed E-state index contributed by atoms with van der Waals surface area (Å²) in [4.78, 5) is 14.9. The van der Waals surface area contributed by atoms with E-state index in [9.17, 15) is 4.79 Å². The number of carbonyl (C=O) groups excluding carboxylic acids is 1. The molecule has 0 radical (unpaired) electrons. The van der Waals surface area contributed by atoms with E-state index in [2.05, 4.69) is 16.8 Å². The van der Waals surface area contributed by atoms with Crippen LogP contribution in [0.4, 0.5) is 5.69 Å². The highest BCUT2D eigenvalue weighted by Gasteiger charge is 2.34. The van der Waals surface area contributed by atoms with E-state index in [1.165, 1.54) is 5.56 Å². The van der Waals surface area contributed by atoms with Crippen LogP contribution in [0.25, 0.3) is 0 Å². The Labute approximate surface area is 133 Å². The van der Waals surface area contributed by atoms with Gasteiger partial charge in [0.05, 0.1) is 5.56 Å². The van der Waals surface area contributed by atoms with Gasteiger partial charge in [-0.25, -0.2) is 0 Å². The Morgan fingerprint density at radius 1 is 1.43 bits per heavy atom. The van der Waals surface area contributed by atoms with Crippen LogP contribution in [0.2, 0.25) is 5.02 Å².